The van der Waals surface area contributed by atoms with Crippen molar-refractivity contribution >= 4 is 11.6 Å². The molecule has 14 heteroatoms. The lowest BCUT2D eigenvalue weighted by Crippen LogP contribution is -2.36. The summed E-state index contributed by atoms with van der Waals surface area (Å²) in [5, 5.41) is 33.4. The van der Waals surface area contributed by atoms with E-state index in [-0.39, 0.29) is 28.3 Å². The van der Waals surface area contributed by atoms with Crippen LogP contribution in [0.2, 0.25) is 5.02 Å². The molecule has 5 aromatic rings. The highest BCUT2D eigenvalue weighted by Gasteiger charge is 2.34. The van der Waals surface area contributed by atoms with Crippen molar-refractivity contribution in [3.63, 3.8) is 0 Å². The predicted octanol–water partition coefficient (Wildman–Crippen LogP) is 3.50. The van der Waals surface area contributed by atoms with Gasteiger partial charge in [-0.1, -0.05) is 24.4 Å². The van der Waals surface area contributed by atoms with E-state index in [4.69, 9.17) is 16.3 Å². The molecule has 0 bridgehead atoms. The number of benzene rings is 1. The van der Waals surface area contributed by atoms with Crippen LogP contribution in [0.15, 0.2) is 60.2 Å². The molecule has 12 nitrogen and oxygen atoms in total. The second-order valence-electron chi connectivity index (χ2n) is 9.85. The van der Waals surface area contributed by atoms with Crippen molar-refractivity contribution < 1.29 is 13.9 Å². The van der Waals surface area contributed by atoms with Gasteiger partial charge in [-0.25, -0.2) is 9.07 Å². The first-order valence-corrected chi connectivity index (χ1v) is 13.4. The number of halogens is 2. The summed E-state index contributed by atoms with van der Waals surface area (Å²) >= 11 is 6.16. The van der Waals surface area contributed by atoms with Gasteiger partial charge in [-0.15, -0.1) is 5.10 Å². The van der Waals surface area contributed by atoms with Gasteiger partial charge in [0.15, 0.2) is 12.0 Å². The van der Waals surface area contributed by atoms with Crippen molar-refractivity contribution in [2.24, 2.45) is 13.0 Å². The minimum Gasteiger partial charge on any atom is -0.618 e. The summed E-state index contributed by atoms with van der Waals surface area (Å²) in [5.41, 5.74) is 1.98. The molecule has 0 aliphatic heterocycles. The Morgan fingerprint density at radius 3 is 2.73 bits per heavy atom. The lowest BCUT2D eigenvalue weighted by atomic mass is 10.00. The number of rotatable bonds is 9. The van der Waals surface area contributed by atoms with Gasteiger partial charge in [-0.3, -0.25) is 9.48 Å². The fourth-order valence-corrected chi connectivity index (χ4v) is 4.97. The molecule has 6 rings (SSSR count). The number of aryl methyl sites for hydroxylation is 1. The molecule has 0 spiro atoms. The Kier molecular flexibility index (Phi) is 6.95. The maximum atomic E-state index is 15.6. The van der Waals surface area contributed by atoms with Crippen LogP contribution >= 0.6 is 11.6 Å². The van der Waals surface area contributed by atoms with Gasteiger partial charge in [0, 0.05) is 30.4 Å². The lowest BCUT2D eigenvalue weighted by Gasteiger charge is -2.20. The standard InChI is InChI=1S/C27H25ClFN9O3/c1-3-41-24-10-23(38(40)14-19(24)26-21(37-15-30-33-34-37)7-6-20(28)27(26)29)22(8-16-4-5-16)36-13-18(12-32-36)17-9-25(39)35(2)31-11-17/h6-7,9-16,22H,3-5,8H2,1-2H3. The zero-order valence-corrected chi connectivity index (χ0v) is 22.9. The lowest BCUT2D eigenvalue weighted by molar-refractivity contribution is -0.615. The Bertz CT molecular complexity index is 1780. The fraction of sp³-hybridized carbons (Fsp3) is 0.296. The molecule has 0 amide bonds. The molecule has 1 atom stereocenters. The molecule has 0 saturated heterocycles. The normalized spacial score (nSPS) is 13.9. The molecule has 1 aliphatic rings. The van der Waals surface area contributed by atoms with Crippen molar-refractivity contribution in [1.29, 1.82) is 0 Å². The third-order valence-electron chi connectivity index (χ3n) is 7.10. The van der Waals surface area contributed by atoms with Crippen LogP contribution in [-0.2, 0) is 7.05 Å². The van der Waals surface area contributed by atoms with E-state index in [0.717, 1.165) is 17.6 Å². The van der Waals surface area contributed by atoms with Crippen LogP contribution < -0.4 is 15.0 Å². The average molecular weight is 578 g/mol. The van der Waals surface area contributed by atoms with Gasteiger partial charge in [0.25, 0.3) is 5.56 Å². The predicted molar refractivity (Wildman–Crippen MR) is 146 cm³/mol. The van der Waals surface area contributed by atoms with E-state index in [1.807, 2.05) is 0 Å². The number of aromatic nitrogens is 9. The SMILES string of the molecule is CCOc1cc(C(CC2CC2)n2cc(-c3cnn(C)c(=O)c3)cn2)[n+]([O-])cc1-c1c(-n2cnnn2)ccc(Cl)c1F. The molecular weight excluding hydrogens is 553 g/mol. The maximum Gasteiger partial charge on any atom is 0.267 e. The van der Waals surface area contributed by atoms with Gasteiger partial charge in [-0.2, -0.15) is 19.6 Å². The molecule has 1 fully saturated rings. The average Bonchev–Trinajstić information content (AvgIpc) is 3.39. The van der Waals surface area contributed by atoms with Crippen molar-refractivity contribution in [1.82, 2.24) is 39.8 Å². The Morgan fingerprint density at radius 2 is 2.02 bits per heavy atom. The van der Waals surface area contributed by atoms with Gasteiger partial charge in [0.05, 0.1) is 46.9 Å². The van der Waals surface area contributed by atoms with Crippen molar-refractivity contribution in [2.75, 3.05) is 6.61 Å². The second-order valence-corrected chi connectivity index (χ2v) is 10.3. The summed E-state index contributed by atoms with van der Waals surface area (Å²) < 4.78 is 26.5. The zero-order valence-electron chi connectivity index (χ0n) is 22.2. The van der Waals surface area contributed by atoms with E-state index in [9.17, 15) is 10.0 Å². The van der Waals surface area contributed by atoms with E-state index < -0.39 is 11.9 Å². The highest BCUT2D eigenvalue weighted by molar-refractivity contribution is 6.31. The third-order valence-corrected chi connectivity index (χ3v) is 7.39. The van der Waals surface area contributed by atoms with E-state index >= 15 is 4.39 Å². The third kappa shape index (κ3) is 5.15. The molecule has 1 aliphatic carbocycles. The summed E-state index contributed by atoms with van der Waals surface area (Å²) in [6.07, 6.45) is 10.4. The summed E-state index contributed by atoms with van der Waals surface area (Å²) in [7, 11) is 1.58. The molecule has 41 heavy (non-hydrogen) atoms. The molecule has 4 heterocycles. The zero-order chi connectivity index (χ0) is 28.7. The maximum absolute atomic E-state index is 15.6. The van der Waals surface area contributed by atoms with Crippen LogP contribution in [0.3, 0.4) is 0 Å². The number of hydrogen-bond donors (Lipinski definition) is 0. The number of pyridine rings is 1. The van der Waals surface area contributed by atoms with Crippen molar-refractivity contribution in [3.8, 4) is 33.7 Å². The van der Waals surface area contributed by atoms with Crippen molar-refractivity contribution in [2.45, 2.75) is 32.2 Å². The molecule has 210 valence electrons. The number of tetrazole rings is 1. The minimum absolute atomic E-state index is 0.0303. The first-order valence-electron chi connectivity index (χ1n) is 13.0. The monoisotopic (exact) mass is 577 g/mol. The molecule has 0 radical (unpaired) electrons. The van der Waals surface area contributed by atoms with Gasteiger partial charge in [-0.05, 0) is 41.8 Å². The van der Waals surface area contributed by atoms with E-state index in [1.54, 1.807) is 49.4 Å². The topological polar surface area (TPSA) is 132 Å². The van der Waals surface area contributed by atoms with Crippen LogP contribution in [-0.4, -0.2) is 46.4 Å². The van der Waals surface area contributed by atoms with Crippen LogP contribution in [0, 0.1) is 16.9 Å². The van der Waals surface area contributed by atoms with E-state index in [0.29, 0.717) is 40.6 Å². The molecule has 1 unspecified atom stereocenters. The smallest absolute Gasteiger partial charge is 0.267 e. The Labute approximate surface area is 238 Å². The largest absolute Gasteiger partial charge is 0.618 e. The summed E-state index contributed by atoms with van der Waals surface area (Å²) in [4.78, 5) is 12.1. The molecule has 0 N–H and O–H groups in total. The number of ether oxygens (including phenoxy) is 1. The minimum atomic E-state index is -0.734. The Hall–Kier alpha value is -4.65. The van der Waals surface area contributed by atoms with Crippen molar-refractivity contribution in [3.05, 3.63) is 87.5 Å². The van der Waals surface area contributed by atoms with Gasteiger partial charge in [0.2, 0.25) is 5.69 Å². The fourth-order valence-electron chi connectivity index (χ4n) is 4.81. The van der Waals surface area contributed by atoms with Gasteiger partial charge >= 0.3 is 0 Å². The van der Waals surface area contributed by atoms with Crippen LogP contribution in [0.5, 0.6) is 5.75 Å². The molecule has 1 aromatic carbocycles. The Balaban J connectivity index is 1.47. The Morgan fingerprint density at radius 1 is 1.22 bits per heavy atom. The highest BCUT2D eigenvalue weighted by atomic mass is 35.5. The summed E-state index contributed by atoms with van der Waals surface area (Å²) in [6, 6.07) is 5.65. The highest BCUT2D eigenvalue weighted by Crippen LogP contribution is 2.42. The summed E-state index contributed by atoms with van der Waals surface area (Å²) in [5.74, 6) is 0.00148. The molecule has 1 saturated carbocycles. The molecule has 4 aromatic heterocycles. The van der Waals surface area contributed by atoms with E-state index in [1.165, 1.54) is 34.0 Å². The van der Waals surface area contributed by atoms with Gasteiger partial charge in [0.1, 0.15) is 18.1 Å². The molecular formula is C27H25ClFN9O3. The first-order chi connectivity index (χ1) is 19.8. The second kappa shape index (κ2) is 10.7. The van der Waals surface area contributed by atoms with E-state index in [2.05, 4.69) is 25.7 Å². The van der Waals surface area contributed by atoms with Crippen LogP contribution in [0.25, 0.3) is 27.9 Å². The summed E-state index contributed by atoms with van der Waals surface area (Å²) in [6.45, 7) is 2.07. The quantitative estimate of drug-likeness (QED) is 0.192. The number of hydrogen-bond acceptors (Lipinski definition) is 8. The number of nitrogens with zero attached hydrogens (tertiary/aromatic N) is 9. The first kappa shape index (κ1) is 26.6. The van der Waals surface area contributed by atoms with Crippen LogP contribution in [0.1, 0.15) is 37.9 Å². The van der Waals surface area contributed by atoms with Crippen LogP contribution in [0.4, 0.5) is 4.39 Å². The van der Waals surface area contributed by atoms with Gasteiger partial charge < -0.3 is 9.94 Å².